The number of hydrogen-bond donors (Lipinski definition) is 1. The highest BCUT2D eigenvalue weighted by Crippen LogP contribution is 2.27. The van der Waals surface area contributed by atoms with Crippen LogP contribution < -0.4 is 5.32 Å². The van der Waals surface area contributed by atoms with E-state index in [1.54, 1.807) is 35.8 Å². The van der Waals surface area contributed by atoms with Crippen molar-refractivity contribution in [3.05, 3.63) is 87.5 Å². The van der Waals surface area contributed by atoms with Gasteiger partial charge in [0.05, 0.1) is 24.4 Å². The number of benzene rings is 1. The van der Waals surface area contributed by atoms with Crippen molar-refractivity contribution in [2.24, 2.45) is 0 Å². The van der Waals surface area contributed by atoms with E-state index < -0.39 is 0 Å². The molecule has 1 amide bonds. The highest BCUT2D eigenvalue weighted by Gasteiger charge is 2.19. The van der Waals surface area contributed by atoms with Gasteiger partial charge in [-0.05, 0) is 41.3 Å². The van der Waals surface area contributed by atoms with Gasteiger partial charge < -0.3 is 9.73 Å². The van der Waals surface area contributed by atoms with E-state index in [1.165, 1.54) is 23.5 Å². The second kappa shape index (κ2) is 7.85. The van der Waals surface area contributed by atoms with Gasteiger partial charge >= 0.3 is 0 Å². The first-order chi connectivity index (χ1) is 13.2. The summed E-state index contributed by atoms with van der Waals surface area (Å²) in [6.07, 6.45) is 1.76. The molecule has 0 saturated heterocycles. The molecular weight excluding hydrogens is 383 g/mol. The molecule has 0 saturated carbocycles. The second-order valence-electron chi connectivity index (χ2n) is 5.87. The van der Waals surface area contributed by atoms with Crippen LogP contribution in [-0.2, 0) is 11.2 Å². The molecule has 0 aliphatic rings. The van der Waals surface area contributed by atoms with Crippen LogP contribution in [-0.4, -0.2) is 10.9 Å². The van der Waals surface area contributed by atoms with Gasteiger partial charge in [-0.15, -0.1) is 22.7 Å². The number of carbonyl (C=O) groups excluding carboxylic acids is 1. The summed E-state index contributed by atoms with van der Waals surface area (Å²) in [5, 5.41) is 7.59. The fourth-order valence-electron chi connectivity index (χ4n) is 2.71. The number of hydrogen-bond acceptors (Lipinski definition) is 5. The van der Waals surface area contributed by atoms with Crippen molar-refractivity contribution in [1.29, 1.82) is 0 Å². The number of furan rings is 1. The zero-order valence-corrected chi connectivity index (χ0v) is 15.7. The molecule has 0 unspecified atom stereocenters. The molecule has 27 heavy (non-hydrogen) atoms. The Balaban J connectivity index is 1.49. The van der Waals surface area contributed by atoms with Crippen LogP contribution in [0.2, 0.25) is 0 Å². The van der Waals surface area contributed by atoms with Crippen molar-refractivity contribution in [2.45, 2.75) is 12.5 Å². The zero-order valence-electron chi connectivity index (χ0n) is 14.1. The van der Waals surface area contributed by atoms with Gasteiger partial charge in [-0.1, -0.05) is 18.2 Å². The van der Waals surface area contributed by atoms with Crippen LogP contribution in [0.15, 0.2) is 70.0 Å². The first-order valence-electron chi connectivity index (χ1n) is 8.25. The van der Waals surface area contributed by atoms with Gasteiger partial charge in [0.25, 0.3) is 0 Å². The van der Waals surface area contributed by atoms with Gasteiger partial charge in [-0.3, -0.25) is 4.79 Å². The molecule has 4 rings (SSSR count). The van der Waals surface area contributed by atoms with Crippen LogP contribution in [0.4, 0.5) is 4.39 Å². The van der Waals surface area contributed by atoms with Gasteiger partial charge in [0, 0.05) is 10.3 Å². The molecule has 0 aliphatic heterocycles. The molecule has 4 nitrogen and oxygen atoms in total. The molecule has 1 atom stereocenters. The third kappa shape index (κ3) is 4.15. The Bertz CT molecular complexity index is 1010. The van der Waals surface area contributed by atoms with Gasteiger partial charge in [0.1, 0.15) is 5.82 Å². The van der Waals surface area contributed by atoms with Crippen LogP contribution in [0.1, 0.15) is 22.2 Å². The average molecular weight is 398 g/mol. The summed E-state index contributed by atoms with van der Waals surface area (Å²) < 4.78 is 18.6. The van der Waals surface area contributed by atoms with Crippen molar-refractivity contribution in [2.75, 3.05) is 0 Å². The summed E-state index contributed by atoms with van der Waals surface area (Å²) >= 11 is 2.99. The van der Waals surface area contributed by atoms with E-state index in [-0.39, 0.29) is 24.2 Å². The predicted octanol–water partition coefficient (Wildman–Crippen LogP) is 5.05. The fraction of sp³-hybridized carbons (Fsp3) is 0.100. The van der Waals surface area contributed by atoms with Crippen LogP contribution in [0.25, 0.3) is 10.8 Å². The molecule has 0 spiro atoms. The van der Waals surface area contributed by atoms with Crippen molar-refractivity contribution in [3.8, 4) is 10.8 Å². The lowest BCUT2D eigenvalue weighted by atomic mass is 10.0. The molecule has 136 valence electrons. The molecule has 3 aromatic heterocycles. The summed E-state index contributed by atoms with van der Waals surface area (Å²) in [5.41, 5.74) is 1.52. The quantitative estimate of drug-likeness (QED) is 0.494. The van der Waals surface area contributed by atoms with Crippen LogP contribution >= 0.6 is 22.7 Å². The maximum Gasteiger partial charge on any atom is 0.226 e. The first kappa shape index (κ1) is 17.6. The van der Waals surface area contributed by atoms with E-state index in [2.05, 4.69) is 10.3 Å². The highest BCUT2D eigenvalue weighted by molar-refractivity contribution is 7.13. The summed E-state index contributed by atoms with van der Waals surface area (Å²) in [4.78, 5) is 18.1. The molecule has 0 radical (unpaired) electrons. The number of rotatable bonds is 6. The minimum atomic E-state index is -0.318. The molecule has 0 bridgehead atoms. The number of thiazole rings is 1. The number of amides is 1. The van der Waals surface area contributed by atoms with Crippen molar-refractivity contribution >= 4 is 28.6 Å². The molecule has 1 N–H and O–H groups in total. The monoisotopic (exact) mass is 398 g/mol. The minimum absolute atomic E-state index is 0.144. The zero-order chi connectivity index (χ0) is 18.6. The summed E-state index contributed by atoms with van der Waals surface area (Å²) in [7, 11) is 0. The van der Waals surface area contributed by atoms with Crippen LogP contribution in [0.5, 0.6) is 0 Å². The lowest BCUT2D eigenvalue weighted by Gasteiger charge is -2.18. The topological polar surface area (TPSA) is 55.1 Å². The maximum atomic E-state index is 13.3. The molecule has 4 aromatic rings. The van der Waals surface area contributed by atoms with E-state index in [1.807, 2.05) is 29.0 Å². The number of halogens is 1. The van der Waals surface area contributed by atoms with Gasteiger partial charge in [-0.2, -0.15) is 0 Å². The van der Waals surface area contributed by atoms with Gasteiger partial charge in [0.15, 0.2) is 10.8 Å². The number of nitrogens with zero attached hydrogens (tertiary/aromatic N) is 1. The predicted molar refractivity (Wildman–Crippen MR) is 104 cm³/mol. The third-order valence-corrected chi connectivity index (χ3v) is 5.80. The Kier molecular flexibility index (Phi) is 5.13. The summed E-state index contributed by atoms with van der Waals surface area (Å²) in [6.45, 7) is 0. The van der Waals surface area contributed by atoms with Crippen molar-refractivity contribution < 1.29 is 13.6 Å². The Labute approximate surface area is 163 Å². The lowest BCUT2D eigenvalue weighted by molar-refractivity contribution is -0.120. The minimum Gasteiger partial charge on any atom is -0.462 e. The number of thiophene rings is 1. The average Bonchev–Trinajstić information content (AvgIpc) is 3.42. The Morgan fingerprint density at radius 2 is 2.00 bits per heavy atom. The van der Waals surface area contributed by atoms with E-state index in [4.69, 9.17) is 4.42 Å². The summed E-state index contributed by atoms with van der Waals surface area (Å²) in [6, 6.07) is 13.4. The van der Waals surface area contributed by atoms with Gasteiger partial charge in [0.2, 0.25) is 5.91 Å². The van der Waals surface area contributed by atoms with Crippen molar-refractivity contribution in [3.63, 3.8) is 0 Å². The first-order valence-corrected chi connectivity index (χ1v) is 10.0. The number of carbonyl (C=O) groups is 1. The highest BCUT2D eigenvalue weighted by atomic mass is 32.1. The molecule has 7 heteroatoms. The molecule has 0 aliphatic carbocycles. The molecule has 1 aromatic carbocycles. The van der Waals surface area contributed by atoms with E-state index >= 15 is 0 Å². The van der Waals surface area contributed by atoms with E-state index in [0.29, 0.717) is 11.5 Å². The van der Waals surface area contributed by atoms with E-state index in [9.17, 15) is 9.18 Å². The molecule has 3 heterocycles. The largest absolute Gasteiger partial charge is 0.462 e. The van der Waals surface area contributed by atoms with Crippen molar-refractivity contribution in [1.82, 2.24) is 10.3 Å². The number of aromatic nitrogens is 1. The standard InChI is InChI=1S/C20H15FN2O2S2/c21-14-7-5-13(6-8-14)19(17-4-2-10-26-17)23-18(24)11-15-12-27-20(22-15)16-3-1-9-25-16/h1-10,12,19H,11H2,(H,23,24)/t19-/m0/s1. The van der Waals surface area contributed by atoms with Crippen LogP contribution in [0, 0.1) is 5.82 Å². The normalized spacial score (nSPS) is 12.0. The Morgan fingerprint density at radius 1 is 1.15 bits per heavy atom. The summed E-state index contributed by atoms with van der Waals surface area (Å²) in [5.74, 6) is 0.242. The lowest BCUT2D eigenvalue weighted by Crippen LogP contribution is -2.30. The van der Waals surface area contributed by atoms with Gasteiger partial charge in [-0.25, -0.2) is 9.37 Å². The SMILES string of the molecule is O=C(Cc1csc(-c2ccco2)n1)N[C@@H](c1ccc(F)cc1)c1cccs1. The second-order valence-corrected chi connectivity index (χ2v) is 7.70. The van der Waals surface area contributed by atoms with Crippen LogP contribution in [0.3, 0.4) is 0 Å². The Hall–Kier alpha value is -2.77. The Morgan fingerprint density at radius 3 is 2.70 bits per heavy atom. The molecular formula is C20H15FN2O2S2. The molecule has 0 fully saturated rings. The number of nitrogens with one attached hydrogen (secondary N) is 1. The third-order valence-electron chi connectivity index (χ3n) is 3.96. The van der Waals surface area contributed by atoms with E-state index in [0.717, 1.165) is 15.4 Å². The fourth-order valence-corrected chi connectivity index (χ4v) is 4.30. The smallest absolute Gasteiger partial charge is 0.226 e. The maximum absolute atomic E-state index is 13.3.